The van der Waals surface area contributed by atoms with E-state index in [0.717, 1.165) is 17.0 Å². The molecule has 0 aliphatic heterocycles. The number of nitrogens with zero attached hydrogens (tertiary/aromatic N) is 2. The number of carbonyl (C=O) groups excluding carboxylic acids is 1. The number of ether oxygens (including phenoxy) is 1. The highest BCUT2D eigenvalue weighted by Crippen LogP contribution is 2.24. The molecule has 1 amide bonds. The first kappa shape index (κ1) is 21.1. The van der Waals surface area contributed by atoms with Crippen molar-refractivity contribution in [2.45, 2.75) is 13.8 Å². The maximum absolute atomic E-state index is 12.3. The molecular weight excluding hydrogens is 406 g/mol. The van der Waals surface area contributed by atoms with Gasteiger partial charge in [0.2, 0.25) is 0 Å². The second-order valence-corrected chi connectivity index (χ2v) is 6.94. The highest BCUT2D eigenvalue weighted by Gasteiger charge is 2.15. The van der Waals surface area contributed by atoms with Gasteiger partial charge in [-0.05, 0) is 50.2 Å². The fourth-order valence-corrected chi connectivity index (χ4v) is 3.38. The number of aryl methyl sites for hydroxylation is 1. The second kappa shape index (κ2) is 8.84. The molecule has 154 valence electrons. The van der Waals surface area contributed by atoms with E-state index in [4.69, 9.17) is 16.3 Å². The fourth-order valence-electron chi connectivity index (χ4n) is 3.18. The Morgan fingerprint density at radius 3 is 2.57 bits per heavy atom. The second-order valence-electron chi connectivity index (χ2n) is 6.53. The Hall–Kier alpha value is -3.58. The van der Waals surface area contributed by atoms with Gasteiger partial charge in [0.05, 0.1) is 29.5 Å². The largest absolute Gasteiger partial charge is 0.496 e. The Balaban J connectivity index is 1.85. The van der Waals surface area contributed by atoms with Gasteiger partial charge >= 0.3 is 5.97 Å². The van der Waals surface area contributed by atoms with Gasteiger partial charge in [0.25, 0.3) is 5.91 Å². The zero-order chi connectivity index (χ0) is 21.8. The first-order valence-corrected chi connectivity index (χ1v) is 9.40. The maximum atomic E-state index is 12.3. The van der Waals surface area contributed by atoms with Crippen LogP contribution in [-0.4, -0.2) is 34.9 Å². The first-order chi connectivity index (χ1) is 14.3. The van der Waals surface area contributed by atoms with Crippen LogP contribution in [0.15, 0.2) is 53.6 Å². The van der Waals surface area contributed by atoms with Gasteiger partial charge in [0.15, 0.2) is 0 Å². The van der Waals surface area contributed by atoms with Crippen molar-refractivity contribution in [1.82, 2.24) is 9.99 Å². The Kier molecular flexibility index (Phi) is 6.23. The van der Waals surface area contributed by atoms with Crippen LogP contribution in [-0.2, 0) is 0 Å². The summed E-state index contributed by atoms with van der Waals surface area (Å²) in [7, 11) is 1.50. The van der Waals surface area contributed by atoms with Crippen LogP contribution in [0.3, 0.4) is 0 Å². The summed E-state index contributed by atoms with van der Waals surface area (Å²) >= 11 is 5.97. The smallest absolute Gasteiger partial charge is 0.337 e. The van der Waals surface area contributed by atoms with Gasteiger partial charge in [-0.3, -0.25) is 4.79 Å². The molecule has 0 aliphatic carbocycles. The molecule has 0 spiro atoms. The zero-order valence-electron chi connectivity index (χ0n) is 16.6. The number of aromatic carboxylic acids is 1. The van der Waals surface area contributed by atoms with E-state index in [0.29, 0.717) is 17.0 Å². The minimum atomic E-state index is -1.09. The molecule has 0 radical (unpaired) electrons. The minimum Gasteiger partial charge on any atom is -0.496 e. The molecule has 0 bridgehead atoms. The van der Waals surface area contributed by atoms with Crippen molar-refractivity contribution in [1.29, 1.82) is 0 Å². The van der Waals surface area contributed by atoms with E-state index >= 15 is 0 Å². The van der Waals surface area contributed by atoms with Gasteiger partial charge in [-0.15, -0.1) is 0 Å². The summed E-state index contributed by atoms with van der Waals surface area (Å²) in [6.07, 6.45) is 1.54. The molecule has 0 unspecified atom stereocenters. The molecule has 2 aromatic carbocycles. The summed E-state index contributed by atoms with van der Waals surface area (Å²) in [5, 5.41) is 13.5. The summed E-state index contributed by atoms with van der Waals surface area (Å²) in [4.78, 5) is 23.7. The van der Waals surface area contributed by atoms with Crippen LogP contribution in [0, 0.1) is 13.8 Å². The van der Waals surface area contributed by atoms with Crippen molar-refractivity contribution in [2.24, 2.45) is 5.10 Å². The number of methoxy groups -OCH3 is 1. The number of amides is 1. The van der Waals surface area contributed by atoms with E-state index < -0.39 is 5.97 Å². The molecular formula is C22H20ClN3O4. The number of carbonyl (C=O) groups is 2. The third kappa shape index (κ3) is 4.21. The van der Waals surface area contributed by atoms with E-state index in [9.17, 15) is 14.7 Å². The predicted octanol–water partition coefficient (Wildman–Crippen LogP) is 4.22. The fraction of sp³-hybridized carbons (Fsp3) is 0.136. The maximum Gasteiger partial charge on any atom is 0.337 e. The normalized spacial score (nSPS) is 10.9. The highest BCUT2D eigenvalue weighted by molar-refractivity contribution is 6.33. The van der Waals surface area contributed by atoms with Gasteiger partial charge in [-0.1, -0.05) is 23.7 Å². The van der Waals surface area contributed by atoms with E-state index in [1.807, 2.05) is 24.5 Å². The Labute approximate surface area is 178 Å². The van der Waals surface area contributed by atoms with Gasteiger partial charge in [0, 0.05) is 22.6 Å². The first-order valence-electron chi connectivity index (χ1n) is 9.02. The van der Waals surface area contributed by atoms with Crippen LogP contribution in [0.1, 0.15) is 37.7 Å². The van der Waals surface area contributed by atoms with Crippen molar-refractivity contribution in [3.63, 3.8) is 0 Å². The van der Waals surface area contributed by atoms with Gasteiger partial charge in [0.1, 0.15) is 5.75 Å². The van der Waals surface area contributed by atoms with Crippen LogP contribution in [0.25, 0.3) is 5.69 Å². The summed E-state index contributed by atoms with van der Waals surface area (Å²) in [5.41, 5.74) is 6.07. The molecule has 2 N–H and O–H groups in total. The number of hydrogen-bond acceptors (Lipinski definition) is 4. The van der Waals surface area contributed by atoms with Gasteiger partial charge in [-0.2, -0.15) is 5.10 Å². The van der Waals surface area contributed by atoms with Gasteiger partial charge in [-0.25, -0.2) is 10.2 Å². The quantitative estimate of drug-likeness (QED) is 0.457. The Morgan fingerprint density at radius 1 is 1.13 bits per heavy atom. The molecule has 8 heteroatoms. The molecule has 0 aliphatic rings. The average molecular weight is 426 g/mol. The SMILES string of the molecule is COc1ccccc1C(=O)N/N=C\c1cc(C)n(-c2ccc(Cl)c(C(=O)O)c2)c1C. The van der Waals surface area contributed by atoms with Crippen molar-refractivity contribution in [3.8, 4) is 11.4 Å². The molecule has 0 saturated carbocycles. The molecule has 1 heterocycles. The summed E-state index contributed by atoms with van der Waals surface area (Å²) in [5.74, 6) is -1.02. The van der Waals surface area contributed by atoms with E-state index in [1.165, 1.54) is 13.2 Å². The number of aromatic nitrogens is 1. The van der Waals surface area contributed by atoms with Crippen LogP contribution in [0.5, 0.6) is 5.75 Å². The number of carboxylic acids is 1. The lowest BCUT2D eigenvalue weighted by Crippen LogP contribution is -2.18. The molecule has 0 saturated heterocycles. The molecule has 30 heavy (non-hydrogen) atoms. The number of hydrogen-bond donors (Lipinski definition) is 2. The van der Waals surface area contributed by atoms with E-state index in [2.05, 4.69) is 10.5 Å². The topological polar surface area (TPSA) is 92.9 Å². The van der Waals surface area contributed by atoms with Crippen LogP contribution in [0.2, 0.25) is 5.02 Å². The van der Waals surface area contributed by atoms with Gasteiger partial charge < -0.3 is 14.4 Å². The number of para-hydroxylation sites is 1. The highest BCUT2D eigenvalue weighted by atomic mass is 35.5. The number of halogens is 1. The molecule has 1 aromatic heterocycles. The summed E-state index contributed by atoms with van der Waals surface area (Å²) in [6, 6.07) is 13.6. The molecule has 3 aromatic rings. The summed E-state index contributed by atoms with van der Waals surface area (Å²) in [6.45, 7) is 3.78. The van der Waals surface area contributed by atoms with E-state index in [-0.39, 0.29) is 16.5 Å². The lowest BCUT2D eigenvalue weighted by molar-refractivity contribution is 0.0696. The minimum absolute atomic E-state index is 0.0287. The molecule has 7 nitrogen and oxygen atoms in total. The van der Waals surface area contributed by atoms with Crippen molar-refractivity contribution < 1.29 is 19.4 Å². The molecule has 0 atom stereocenters. The van der Waals surface area contributed by atoms with Crippen molar-refractivity contribution >= 4 is 29.7 Å². The monoisotopic (exact) mass is 425 g/mol. The standard InChI is InChI=1S/C22H20ClN3O4/c1-13-10-15(12-24-25-21(27)17-6-4-5-7-20(17)30-3)14(2)26(13)16-8-9-19(23)18(11-16)22(28)29/h4-12H,1-3H3,(H,25,27)(H,28,29)/b24-12-. The molecule has 0 fully saturated rings. The van der Waals surface area contributed by atoms with Crippen LogP contribution in [0.4, 0.5) is 0 Å². The van der Waals surface area contributed by atoms with Crippen molar-refractivity contribution in [3.05, 3.63) is 81.6 Å². The summed E-state index contributed by atoms with van der Waals surface area (Å²) < 4.78 is 7.08. The zero-order valence-corrected chi connectivity index (χ0v) is 17.4. The number of benzene rings is 2. The number of carboxylic acid groups (broad SMARTS) is 1. The lowest BCUT2D eigenvalue weighted by Gasteiger charge is -2.11. The average Bonchev–Trinajstić information content (AvgIpc) is 3.01. The predicted molar refractivity (Wildman–Crippen MR) is 115 cm³/mol. The van der Waals surface area contributed by atoms with Crippen LogP contribution < -0.4 is 10.2 Å². The third-order valence-electron chi connectivity index (χ3n) is 4.63. The lowest BCUT2D eigenvalue weighted by atomic mass is 10.2. The Morgan fingerprint density at radius 2 is 1.87 bits per heavy atom. The third-order valence-corrected chi connectivity index (χ3v) is 4.96. The number of rotatable bonds is 6. The van der Waals surface area contributed by atoms with E-state index in [1.54, 1.807) is 42.6 Å². The van der Waals surface area contributed by atoms with Crippen LogP contribution >= 0.6 is 11.6 Å². The Bertz CT molecular complexity index is 1150. The molecule has 3 rings (SSSR count). The number of hydrazone groups is 1. The number of nitrogens with one attached hydrogen (secondary N) is 1. The van der Waals surface area contributed by atoms with Crippen molar-refractivity contribution in [2.75, 3.05) is 7.11 Å².